The minimum absolute atomic E-state index is 0.0534. The van der Waals surface area contributed by atoms with Gasteiger partial charge in [-0.25, -0.2) is 0 Å². The molecule has 0 aromatic carbocycles. The molecule has 8 N–H and O–H groups in total. The van der Waals surface area contributed by atoms with Gasteiger partial charge in [-0.15, -0.1) is 0 Å². The molecular weight excluding hydrogens is 276 g/mol. The molecular formula is C8H16N6S3. The lowest BCUT2D eigenvalue weighted by Gasteiger charge is -2.03. The summed E-state index contributed by atoms with van der Waals surface area (Å²) >= 11 is 3.51. The van der Waals surface area contributed by atoms with Gasteiger partial charge < -0.3 is 11.5 Å². The first-order chi connectivity index (χ1) is 7.91. The molecule has 0 aromatic heterocycles. The normalized spacial score (nSPS) is 9.88. The second kappa shape index (κ2) is 9.37. The Labute approximate surface area is 113 Å². The van der Waals surface area contributed by atoms with Crippen LogP contribution in [-0.2, 0) is 0 Å². The molecule has 0 amide bonds. The maximum Gasteiger partial charge on any atom is 0.157 e. The van der Waals surface area contributed by atoms with Gasteiger partial charge in [0.15, 0.2) is 10.3 Å². The van der Waals surface area contributed by atoms with E-state index in [2.05, 4.69) is 0 Å². The van der Waals surface area contributed by atoms with Gasteiger partial charge in [0, 0.05) is 5.75 Å². The van der Waals surface area contributed by atoms with E-state index in [1.807, 2.05) is 0 Å². The minimum atomic E-state index is -0.0600. The Morgan fingerprint density at radius 2 is 1.41 bits per heavy atom. The summed E-state index contributed by atoms with van der Waals surface area (Å²) in [6.07, 6.45) is 1.42. The predicted molar refractivity (Wildman–Crippen MR) is 81.0 cm³/mol. The highest BCUT2D eigenvalue weighted by Gasteiger charge is 2.02. The van der Waals surface area contributed by atoms with E-state index < -0.39 is 0 Å². The Morgan fingerprint density at radius 3 is 1.94 bits per heavy atom. The van der Waals surface area contributed by atoms with Crippen LogP contribution >= 0.6 is 35.3 Å². The zero-order valence-corrected chi connectivity index (χ0v) is 11.7. The van der Waals surface area contributed by atoms with Crippen LogP contribution in [0.2, 0.25) is 0 Å². The standard InChI is InChI=1S/C8H16N6S3/c9-5(16-7(11)12)2-1-3-15-4-6(10)17-8(13)14/h9-10H,1-4H2,(H3,11,12)(H3,13,14). The van der Waals surface area contributed by atoms with Gasteiger partial charge in [0.25, 0.3) is 0 Å². The molecule has 0 saturated carbocycles. The molecule has 0 heterocycles. The summed E-state index contributed by atoms with van der Waals surface area (Å²) in [4.78, 5) is 0. The van der Waals surface area contributed by atoms with Gasteiger partial charge in [-0.1, -0.05) is 0 Å². The van der Waals surface area contributed by atoms with Gasteiger partial charge in [-0.2, -0.15) is 11.8 Å². The Balaban J connectivity index is 3.46. The number of hydrogen-bond acceptors (Lipinski definition) is 7. The number of nitrogens with two attached hydrogens (primary N) is 2. The molecule has 0 aliphatic rings. The number of rotatable bonds is 6. The van der Waals surface area contributed by atoms with Gasteiger partial charge in [0.05, 0.1) is 10.1 Å². The number of nitrogens with one attached hydrogen (secondary N) is 4. The molecule has 9 heteroatoms. The smallest absolute Gasteiger partial charge is 0.157 e. The van der Waals surface area contributed by atoms with Crippen LogP contribution in [0.3, 0.4) is 0 Å². The molecule has 0 aliphatic heterocycles. The highest BCUT2D eigenvalue weighted by Crippen LogP contribution is 2.13. The molecule has 0 aliphatic carbocycles. The number of amidine groups is 2. The molecule has 0 unspecified atom stereocenters. The first kappa shape index (κ1) is 16.3. The Morgan fingerprint density at radius 1 is 0.882 bits per heavy atom. The van der Waals surface area contributed by atoms with E-state index >= 15 is 0 Å². The molecule has 96 valence electrons. The highest BCUT2D eigenvalue weighted by molar-refractivity contribution is 8.27. The monoisotopic (exact) mass is 292 g/mol. The van der Waals surface area contributed by atoms with E-state index in [0.29, 0.717) is 22.3 Å². The molecule has 6 nitrogen and oxygen atoms in total. The van der Waals surface area contributed by atoms with Crippen molar-refractivity contribution in [3.8, 4) is 0 Å². The van der Waals surface area contributed by atoms with Crippen LogP contribution in [0.1, 0.15) is 12.8 Å². The number of hydrogen-bond donors (Lipinski definition) is 6. The van der Waals surface area contributed by atoms with E-state index in [1.54, 1.807) is 11.8 Å². The van der Waals surface area contributed by atoms with E-state index in [0.717, 1.165) is 35.7 Å². The zero-order chi connectivity index (χ0) is 13.3. The van der Waals surface area contributed by atoms with Crippen molar-refractivity contribution in [1.82, 2.24) is 0 Å². The maximum atomic E-state index is 7.47. The van der Waals surface area contributed by atoms with E-state index in [9.17, 15) is 0 Å². The fourth-order valence-corrected chi connectivity index (χ4v) is 2.79. The molecule has 0 spiro atoms. The summed E-state index contributed by atoms with van der Waals surface area (Å²) in [5, 5.41) is 29.6. The highest BCUT2D eigenvalue weighted by atomic mass is 32.2. The summed E-state index contributed by atoms with van der Waals surface area (Å²) in [7, 11) is 0. The van der Waals surface area contributed by atoms with Crippen LogP contribution in [0.4, 0.5) is 0 Å². The lowest BCUT2D eigenvalue weighted by Crippen LogP contribution is -2.09. The SMILES string of the molecule is N=C(N)SC(=N)CCCSCC(=N)SC(=N)N. The van der Waals surface area contributed by atoms with Crippen molar-refractivity contribution in [3.63, 3.8) is 0 Å². The second-order valence-corrected chi connectivity index (χ2v) is 6.31. The first-order valence-corrected chi connectivity index (χ1v) is 7.47. The fraction of sp³-hybridized carbons (Fsp3) is 0.500. The van der Waals surface area contributed by atoms with Crippen molar-refractivity contribution in [1.29, 1.82) is 21.6 Å². The van der Waals surface area contributed by atoms with E-state index in [-0.39, 0.29) is 10.3 Å². The Kier molecular flexibility index (Phi) is 9.00. The van der Waals surface area contributed by atoms with Gasteiger partial charge in [0.2, 0.25) is 0 Å². The van der Waals surface area contributed by atoms with Crippen molar-refractivity contribution in [2.24, 2.45) is 11.5 Å². The molecule has 0 saturated heterocycles. The van der Waals surface area contributed by atoms with Gasteiger partial charge in [-0.05, 0) is 42.1 Å². The van der Waals surface area contributed by atoms with Crippen LogP contribution in [0.25, 0.3) is 0 Å². The summed E-state index contributed by atoms with van der Waals surface area (Å²) < 4.78 is 0. The number of thioether (sulfide) groups is 3. The van der Waals surface area contributed by atoms with Gasteiger partial charge >= 0.3 is 0 Å². The van der Waals surface area contributed by atoms with E-state index in [1.165, 1.54) is 0 Å². The third kappa shape index (κ3) is 11.6. The van der Waals surface area contributed by atoms with Crippen molar-refractivity contribution >= 4 is 55.7 Å². The third-order valence-electron chi connectivity index (χ3n) is 1.39. The van der Waals surface area contributed by atoms with Gasteiger partial charge in [0.1, 0.15) is 0 Å². The minimum Gasteiger partial charge on any atom is -0.378 e. The lowest BCUT2D eigenvalue weighted by molar-refractivity contribution is 1.01. The lowest BCUT2D eigenvalue weighted by atomic mass is 10.4. The summed E-state index contributed by atoms with van der Waals surface area (Å²) in [5.41, 5.74) is 10.3. The second-order valence-electron chi connectivity index (χ2n) is 2.94. The van der Waals surface area contributed by atoms with Crippen LogP contribution < -0.4 is 11.5 Å². The van der Waals surface area contributed by atoms with Crippen molar-refractivity contribution in [3.05, 3.63) is 0 Å². The Hall–Kier alpha value is -0.670. The van der Waals surface area contributed by atoms with Crippen molar-refractivity contribution in [2.45, 2.75) is 12.8 Å². The summed E-state index contributed by atoms with van der Waals surface area (Å²) in [6.45, 7) is 0. The summed E-state index contributed by atoms with van der Waals surface area (Å²) in [5.74, 6) is 1.37. The van der Waals surface area contributed by atoms with E-state index in [4.69, 9.17) is 33.1 Å². The molecule has 17 heavy (non-hydrogen) atoms. The van der Waals surface area contributed by atoms with Gasteiger partial charge in [-0.3, -0.25) is 21.6 Å². The molecule has 0 fully saturated rings. The Bertz CT molecular complexity index is 286. The average Bonchev–Trinajstić information content (AvgIpc) is 2.14. The van der Waals surface area contributed by atoms with Crippen LogP contribution in [0.5, 0.6) is 0 Å². The average molecular weight is 292 g/mol. The third-order valence-corrected chi connectivity index (χ3v) is 3.93. The van der Waals surface area contributed by atoms with Crippen molar-refractivity contribution in [2.75, 3.05) is 11.5 Å². The predicted octanol–water partition coefficient (Wildman–Crippen LogP) is 1.71. The fourth-order valence-electron chi connectivity index (χ4n) is 0.846. The molecule has 0 radical (unpaired) electrons. The first-order valence-electron chi connectivity index (χ1n) is 4.68. The van der Waals surface area contributed by atoms with Crippen LogP contribution in [0, 0.1) is 21.6 Å². The molecule has 0 bridgehead atoms. The summed E-state index contributed by atoms with van der Waals surface area (Å²) in [6, 6.07) is 0. The maximum absolute atomic E-state index is 7.47. The van der Waals surface area contributed by atoms with Crippen molar-refractivity contribution < 1.29 is 0 Å². The quantitative estimate of drug-likeness (QED) is 0.250. The molecule has 0 aromatic rings. The largest absolute Gasteiger partial charge is 0.378 e. The molecule has 0 atom stereocenters. The zero-order valence-electron chi connectivity index (χ0n) is 9.21. The van der Waals surface area contributed by atoms with Crippen LogP contribution in [0.15, 0.2) is 0 Å². The van der Waals surface area contributed by atoms with Crippen LogP contribution in [-0.4, -0.2) is 31.9 Å². The molecule has 0 rings (SSSR count). The topological polar surface area (TPSA) is 147 Å².